The summed E-state index contributed by atoms with van der Waals surface area (Å²) in [5.41, 5.74) is 1.17. The standard InChI is InChI=1S/C14H18O3/c1-2-16-14(15)12-8-13(9-12)17-10-11-6-4-3-5-7-11/h3-7,12-13H,2,8-10H2,1H3/t12-,13-. The van der Waals surface area contributed by atoms with E-state index in [1.54, 1.807) is 0 Å². The topological polar surface area (TPSA) is 35.5 Å². The summed E-state index contributed by atoms with van der Waals surface area (Å²) >= 11 is 0. The molecule has 3 nitrogen and oxygen atoms in total. The number of hydrogen-bond donors (Lipinski definition) is 0. The highest BCUT2D eigenvalue weighted by Gasteiger charge is 2.36. The summed E-state index contributed by atoms with van der Waals surface area (Å²) in [6, 6.07) is 10.1. The maximum Gasteiger partial charge on any atom is 0.309 e. The van der Waals surface area contributed by atoms with Crippen molar-refractivity contribution >= 4 is 5.97 Å². The van der Waals surface area contributed by atoms with Crippen LogP contribution in [0, 0.1) is 5.92 Å². The monoisotopic (exact) mass is 234 g/mol. The zero-order chi connectivity index (χ0) is 12.1. The maximum atomic E-state index is 11.4. The molecular weight excluding hydrogens is 216 g/mol. The predicted molar refractivity (Wildman–Crippen MR) is 64.4 cm³/mol. The van der Waals surface area contributed by atoms with E-state index >= 15 is 0 Å². The summed E-state index contributed by atoms with van der Waals surface area (Å²) in [7, 11) is 0. The lowest BCUT2D eigenvalue weighted by molar-refractivity contribution is -0.157. The van der Waals surface area contributed by atoms with E-state index in [9.17, 15) is 4.79 Å². The van der Waals surface area contributed by atoms with Gasteiger partial charge in [-0.3, -0.25) is 4.79 Å². The number of carbonyl (C=O) groups excluding carboxylic acids is 1. The van der Waals surface area contributed by atoms with Gasteiger partial charge in [-0.15, -0.1) is 0 Å². The van der Waals surface area contributed by atoms with E-state index in [0.717, 1.165) is 12.8 Å². The molecule has 92 valence electrons. The van der Waals surface area contributed by atoms with E-state index in [-0.39, 0.29) is 18.0 Å². The highest BCUT2D eigenvalue weighted by Crippen LogP contribution is 2.31. The van der Waals surface area contributed by atoms with Crippen LogP contribution in [0.5, 0.6) is 0 Å². The molecular formula is C14H18O3. The van der Waals surface area contributed by atoms with E-state index in [4.69, 9.17) is 9.47 Å². The Morgan fingerprint density at radius 2 is 2.00 bits per heavy atom. The fourth-order valence-electron chi connectivity index (χ4n) is 1.94. The van der Waals surface area contributed by atoms with E-state index in [1.807, 2.05) is 37.3 Å². The largest absolute Gasteiger partial charge is 0.466 e. The second-order valence-electron chi connectivity index (χ2n) is 4.34. The Morgan fingerprint density at radius 3 is 2.65 bits per heavy atom. The number of rotatable bonds is 5. The first-order chi connectivity index (χ1) is 8.29. The van der Waals surface area contributed by atoms with Gasteiger partial charge in [-0.05, 0) is 25.3 Å². The third kappa shape index (κ3) is 3.30. The van der Waals surface area contributed by atoms with Gasteiger partial charge in [0.05, 0.1) is 25.2 Å². The van der Waals surface area contributed by atoms with Crippen molar-refractivity contribution in [3.63, 3.8) is 0 Å². The van der Waals surface area contributed by atoms with E-state index in [1.165, 1.54) is 5.56 Å². The summed E-state index contributed by atoms with van der Waals surface area (Å²) in [6.45, 7) is 2.92. The van der Waals surface area contributed by atoms with E-state index < -0.39 is 0 Å². The van der Waals surface area contributed by atoms with Crippen LogP contribution in [0.15, 0.2) is 30.3 Å². The third-order valence-electron chi connectivity index (χ3n) is 3.04. The SMILES string of the molecule is CCOC(=O)[C@H]1C[C@H](OCc2ccccc2)C1. The summed E-state index contributed by atoms with van der Waals surface area (Å²) in [5, 5.41) is 0. The first kappa shape index (κ1) is 12.1. The molecule has 1 aromatic rings. The Kier molecular flexibility index (Phi) is 4.15. The number of carbonyl (C=O) groups is 1. The summed E-state index contributed by atoms with van der Waals surface area (Å²) in [4.78, 5) is 11.4. The van der Waals surface area contributed by atoms with Gasteiger partial charge in [0.2, 0.25) is 0 Å². The summed E-state index contributed by atoms with van der Waals surface area (Å²) in [6.07, 6.45) is 1.81. The van der Waals surface area contributed by atoms with Crippen LogP contribution in [0.2, 0.25) is 0 Å². The first-order valence-electron chi connectivity index (χ1n) is 6.11. The molecule has 0 radical (unpaired) electrons. The van der Waals surface area contributed by atoms with Gasteiger partial charge in [0.1, 0.15) is 0 Å². The number of ether oxygens (including phenoxy) is 2. The Bertz CT molecular complexity index is 355. The molecule has 3 heteroatoms. The normalized spacial score (nSPS) is 22.9. The molecule has 0 spiro atoms. The molecule has 0 aromatic heterocycles. The van der Waals surface area contributed by atoms with Gasteiger partial charge in [0.15, 0.2) is 0 Å². The minimum absolute atomic E-state index is 0.0516. The second-order valence-corrected chi connectivity index (χ2v) is 4.34. The molecule has 1 aliphatic rings. The van der Waals surface area contributed by atoms with Crippen molar-refractivity contribution in [1.29, 1.82) is 0 Å². The van der Waals surface area contributed by atoms with Gasteiger partial charge in [-0.2, -0.15) is 0 Å². The molecule has 0 aliphatic heterocycles. The quantitative estimate of drug-likeness (QED) is 0.734. The minimum Gasteiger partial charge on any atom is -0.466 e. The van der Waals surface area contributed by atoms with Crippen molar-refractivity contribution in [2.24, 2.45) is 5.92 Å². The van der Waals surface area contributed by atoms with Crippen LogP contribution >= 0.6 is 0 Å². The van der Waals surface area contributed by atoms with Crippen LogP contribution in [-0.2, 0) is 20.9 Å². The molecule has 17 heavy (non-hydrogen) atoms. The van der Waals surface area contributed by atoms with Crippen LogP contribution in [0.4, 0.5) is 0 Å². The van der Waals surface area contributed by atoms with Crippen LogP contribution in [0.25, 0.3) is 0 Å². The molecule has 0 heterocycles. The Balaban J connectivity index is 1.66. The molecule has 0 saturated heterocycles. The van der Waals surface area contributed by atoms with Gasteiger partial charge >= 0.3 is 5.97 Å². The van der Waals surface area contributed by atoms with Gasteiger partial charge in [-0.25, -0.2) is 0 Å². The van der Waals surface area contributed by atoms with Crippen LogP contribution < -0.4 is 0 Å². The molecule has 1 aliphatic carbocycles. The molecule has 0 N–H and O–H groups in total. The zero-order valence-electron chi connectivity index (χ0n) is 10.1. The fourth-order valence-corrected chi connectivity index (χ4v) is 1.94. The van der Waals surface area contributed by atoms with E-state index in [2.05, 4.69) is 0 Å². The highest BCUT2D eigenvalue weighted by molar-refractivity contribution is 5.73. The smallest absolute Gasteiger partial charge is 0.309 e. The molecule has 0 bridgehead atoms. The first-order valence-corrected chi connectivity index (χ1v) is 6.11. The van der Waals surface area contributed by atoms with Gasteiger partial charge in [-0.1, -0.05) is 30.3 Å². The van der Waals surface area contributed by atoms with Crippen molar-refractivity contribution in [2.75, 3.05) is 6.61 Å². The van der Waals surface area contributed by atoms with Crippen LogP contribution in [0.1, 0.15) is 25.3 Å². The van der Waals surface area contributed by atoms with Crippen LogP contribution in [-0.4, -0.2) is 18.7 Å². The maximum absolute atomic E-state index is 11.4. The van der Waals surface area contributed by atoms with Gasteiger partial charge in [0.25, 0.3) is 0 Å². The Hall–Kier alpha value is -1.35. The predicted octanol–water partition coefficient (Wildman–Crippen LogP) is 2.54. The molecule has 1 fully saturated rings. The lowest BCUT2D eigenvalue weighted by Crippen LogP contribution is -2.37. The molecule has 0 unspecified atom stereocenters. The number of esters is 1. The average Bonchev–Trinajstić information content (AvgIpc) is 2.28. The lowest BCUT2D eigenvalue weighted by Gasteiger charge is -2.33. The fraction of sp³-hybridized carbons (Fsp3) is 0.500. The molecule has 1 aromatic carbocycles. The second kappa shape index (κ2) is 5.82. The van der Waals surface area contributed by atoms with Gasteiger partial charge < -0.3 is 9.47 Å². The number of hydrogen-bond acceptors (Lipinski definition) is 3. The lowest BCUT2D eigenvalue weighted by atomic mass is 9.82. The summed E-state index contributed by atoms with van der Waals surface area (Å²) in [5.74, 6) is -0.0252. The van der Waals surface area contributed by atoms with Gasteiger partial charge in [0, 0.05) is 0 Å². The minimum atomic E-state index is -0.0768. The molecule has 0 amide bonds. The van der Waals surface area contributed by atoms with Crippen molar-refractivity contribution in [2.45, 2.75) is 32.5 Å². The van der Waals surface area contributed by atoms with Crippen molar-refractivity contribution < 1.29 is 14.3 Å². The Morgan fingerprint density at radius 1 is 1.29 bits per heavy atom. The highest BCUT2D eigenvalue weighted by atomic mass is 16.5. The average molecular weight is 234 g/mol. The van der Waals surface area contributed by atoms with Crippen LogP contribution in [0.3, 0.4) is 0 Å². The number of benzene rings is 1. The van der Waals surface area contributed by atoms with Crippen molar-refractivity contribution in [3.05, 3.63) is 35.9 Å². The zero-order valence-corrected chi connectivity index (χ0v) is 10.1. The van der Waals surface area contributed by atoms with Crippen molar-refractivity contribution in [1.82, 2.24) is 0 Å². The molecule has 2 rings (SSSR count). The Labute approximate surface area is 102 Å². The van der Waals surface area contributed by atoms with Crippen molar-refractivity contribution in [3.8, 4) is 0 Å². The third-order valence-corrected chi connectivity index (χ3v) is 3.04. The van der Waals surface area contributed by atoms with E-state index in [0.29, 0.717) is 13.2 Å². The summed E-state index contributed by atoms with van der Waals surface area (Å²) < 4.78 is 10.7. The molecule has 0 atom stereocenters. The molecule has 1 saturated carbocycles.